The molecule has 0 aliphatic carbocycles. The molecule has 0 spiro atoms. The summed E-state index contributed by atoms with van der Waals surface area (Å²) < 4.78 is 0. The van der Waals surface area contributed by atoms with E-state index in [1.54, 1.807) is 6.20 Å². The third kappa shape index (κ3) is 3.50. The number of aromatic nitrogens is 1. The van der Waals surface area contributed by atoms with Gasteiger partial charge in [0.2, 0.25) is 0 Å². The van der Waals surface area contributed by atoms with E-state index in [2.05, 4.69) is 20.5 Å². The van der Waals surface area contributed by atoms with Crippen molar-refractivity contribution >= 4 is 23.4 Å². The van der Waals surface area contributed by atoms with E-state index in [0.717, 1.165) is 25.3 Å². The van der Waals surface area contributed by atoms with Crippen molar-refractivity contribution in [2.24, 2.45) is 0 Å². The van der Waals surface area contributed by atoms with Gasteiger partial charge in [0.15, 0.2) is 0 Å². The molecular weight excluding hydrogens is 252 g/mol. The number of hydrogen-bond acceptors (Lipinski definition) is 3. The fraction of sp³-hybridized carbons (Fsp3) is 0.500. The summed E-state index contributed by atoms with van der Waals surface area (Å²) in [6.45, 7) is 2.20. The number of nitrogens with zero attached hydrogens (tertiary/aromatic N) is 2. The molecule has 1 aliphatic rings. The molecule has 1 aromatic rings. The zero-order valence-electron chi connectivity index (χ0n) is 10.1. The number of alkyl halides is 1. The van der Waals surface area contributed by atoms with Gasteiger partial charge in [-0.2, -0.15) is 0 Å². The van der Waals surface area contributed by atoms with Gasteiger partial charge < -0.3 is 15.5 Å². The molecule has 1 unspecified atom stereocenters. The van der Waals surface area contributed by atoms with Crippen LogP contribution >= 0.6 is 11.6 Å². The monoisotopic (exact) mass is 268 g/mol. The summed E-state index contributed by atoms with van der Waals surface area (Å²) in [4.78, 5) is 18.0. The Morgan fingerprint density at radius 3 is 3.17 bits per heavy atom. The van der Waals surface area contributed by atoms with Gasteiger partial charge in [-0.05, 0) is 18.6 Å². The van der Waals surface area contributed by atoms with Crippen LogP contribution in [0.4, 0.5) is 10.6 Å². The first kappa shape index (κ1) is 13.0. The zero-order valence-corrected chi connectivity index (χ0v) is 10.9. The summed E-state index contributed by atoms with van der Waals surface area (Å²) in [6, 6.07) is 5.87. The molecule has 1 atom stereocenters. The molecule has 18 heavy (non-hydrogen) atoms. The van der Waals surface area contributed by atoms with Crippen LogP contribution in [0.1, 0.15) is 6.42 Å². The lowest BCUT2D eigenvalue weighted by molar-refractivity contribution is 0.238. The molecule has 0 radical (unpaired) electrons. The minimum Gasteiger partial charge on any atom is -0.354 e. The van der Waals surface area contributed by atoms with Crippen molar-refractivity contribution in [3.8, 4) is 0 Å². The molecule has 6 heteroatoms. The molecule has 2 heterocycles. The highest BCUT2D eigenvalue weighted by molar-refractivity contribution is 6.18. The Bertz CT molecular complexity index is 387. The Morgan fingerprint density at radius 1 is 1.56 bits per heavy atom. The maximum absolute atomic E-state index is 11.5. The number of carbonyl (C=O) groups excluding carboxylic acids is 1. The number of halogens is 1. The average Bonchev–Trinajstić information content (AvgIpc) is 2.86. The predicted molar refractivity (Wildman–Crippen MR) is 72.1 cm³/mol. The van der Waals surface area contributed by atoms with Gasteiger partial charge in [-0.1, -0.05) is 6.07 Å². The second-order valence-electron chi connectivity index (χ2n) is 4.21. The van der Waals surface area contributed by atoms with Crippen LogP contribution in [-0.2, 0) is 0 Å². The lowest BCUT2D eigenvalue weighted by atomic mass is 10.3. The fourth-order valence-electron chi connectivity index (χ4n) is 2.02. The number of anilines is 1. The highest BCUT2D eigenvalue weighted by Crippen LogP contribution is 2.16. The minimum atomic E-state index is -0.150. The second-order valence-corrected chi connectivity index (χ2v) is 4.59. The molecular formula is C12H17ClN4O. The van der Waals surface area contributed by atoms with E-state index in [9.17, 15) is 4.79 Å². The van der Waals surface area contributed by atoms with Crippen molar-refractivity contribution in [2.75, 3.05) is 30.4 Å². The SMILES string of the molecule is O=C(NCCCl)NC1CCN(c2ccccn2)C1. The number of urea groups is 1. The average molecular weight is 269 g/mol. The van der Waals surface area contributed by atoms with Crippen LogP contribution in [-0.4, -0.2) is 42.6 Å². The van der Waals surface area contributed by atoms with E-state index in [4.69, 9.17) is 11.6 Å². The summed E-state index contributed by atoms with van der Waals surface area (Å²) in [6.07, 6.45) is 2.72. The van der Waals surface area contributed by atoms with E-state index < -0.39 is 0 Å². The maximum Gasteiger partial charge on any atom is 0.315 e. The fourth-order valence-corrected chi connectivity index (χ4v) is 2.12. The van der Waals surface area contributed by atoms with Crippen LogP contribution in [0.25, 0.3) is 0 Å². The number of hydrogen-bond donors (Lipinski definition) is 2. The van der Waals surface area contributed by atoms with Crippen LogP contribution in [0.3, 0.4) is 0 Å². The summed E-state index contributed by atoms with van der Waals surface area (Å²) >= 11 is 5.51. The highest BCUT2D eigenvalue weighted by Gasteiger charge is 2.24. The molecule has 1 saturated heterocycles. The predicted octanol–water partition coefficient (Wildman–Crippen LogP) is 1.20. The third-order valence-electron chi connectivity index (χ3n) is 2.88. The Kier molecular flexibility index (Phi) is 4.64. The highest BCUT2D eigenvalue weighted by atomic mass is 35.5. The Hall–Kier alpha value is -1.49. The van der Waals surface area contributed by atoms with Crippen LogP contribution in [0.15, 0.2) is 24.4 Å². The zero-order chi connectivity index (χ0) is 12.8. The molecule has 5 nitrogen and oxygen atoms in total. The van der Waals surface area contributed by atoms with Gasteiger partial charge >= 0.3 is 6.03 Å². The minimum absolute atomic E-state index is 0.150. The standard InChI is InChI=1S/C12H17ClN4O/c13-5-7-15-12(18)16-10-4-8-17(9-10)11-3-1-2-6-14-11/h1-3,6,10H,4-5,7-9H2,(H2,15,16,18). The molecule has 2 amide bonds. The Morgan fingerprint density at radius 2 is 2.44 bits per heavy atom. The topological polar surface area (TPSA) is 57.3 Å². The summed E-state index contributed by atoms with van der Waals surface area (Å²) in [5.74, 6) is 1.39. The molecule has 98 valence electrons. The number of pyridine rings is 1. The lowest BCUT2D eigenvalue weighted by Gasteiger charge is -2.17. The number of amides is 2. The quantitative estimate of drug-likeness (QED) is 0.807. The van der Waals surface area contributed by atoms with Gasteiger partial charge in [0.05, 0.1) is 0 Å². The van der Waals surface area contributed by atoms with Crippen molar-refractivity contribution in [1.82, 2.24) is 15.6 Å². The molecule has 1 aliphatic heterocycles. The Balaban J connectivity index is 1.80. The van der Waals surface area contributed by atoms with Gasteiger partial charge in [0.1, 0.15) is 5.82 Å². The van der Waals surface area contributed by atoms with E-state index in [-0.39, 0.29) is 12.1 Å². The van der Waals surface area contributed by atoms with Crippen LogP contribution in [0.5, 0.6) is 0 Å². The molecule has 0 saturated carbocycles. The third-order valence-corrected chi connectivity index (χ3v) is 3.07. The van der Waals surface area contributed by atoms with E-state index in [0.29, 0.717) is 12.4 Å². The second kappa shape index (κ2) is 6.44. The number of carbonyl (C=O) groups is 1. The first-order valence-corrected chi connectivity index (χ1v) is 6.59. The van der Waals surface area contributed by atoms with E-state index >= 15 is 0 Å². The molecule has 1 aromatic heterocycles. The largest absolute Gasteiger partial charge is 0.354 e. The normalized spacial score (nSPS) is 18.7. The van der Waals surface area contributed by atoms with Gasteiger partial charge in [-0.15, -0.1) is 11.6 Å². The van der Waals surface area contributed by atoms with Gasteiger partial charge in [0.25, 0.3) is 0 Å². The molecule has 1 fully saturated rings. The number of nitrogens with one attached hydrogen (secondary N) is 2. The van der Waals surface area contributed by atoms with E-state index in [1.165, 1.54) is 0 Å². The Labute approximate surface area is 112 Å². The van der Waals surface area contributed by atoms with Crippen LogP contribution in [0.2, 0.25) is 0 Å². The van der Waals surface area contributed by atoms with Crippen LogP contribution < -0.4 is 15.5 Å². The van der Waals surface area contributed by atoms with Gasteiger partial charge in [0, 0.05) is 37.8 Å². The number of rotatable bonds is 4. The molecule has 2 N–H and O–H groups in total. The van der Waals surface area contributed by atoms with Crippen LogP contribution in [0, 0.1) is 0 Å². The van der Waals surface area contributed by atoms with Crippen molar-refractivity contribution < 1.29 is 4.79 Å². The summed E-state index contributed by atoms with van der Waals surface area (Å²) in [5.41, 5.74) is 0. The van der Waals surface area contributed by atoms with Gasteiger partial charge in [-0.25, -0.2) is 9.78 Å². The first-order valence-electron chi connectivity index (χ1n) is 6.06. The molecule has 0 aromatic carbocycles. The summed E-state index contributed by atoms with van der Waals surface area (Å²) in [5, 5.41) is 5.63. The smallest absolute Gasteiger partial charge is 0.315 e. The van der Waals surface area contributed by atoms with Crippen molar-refractivity contribution in [3.05, 3.63) is 24.4 Å². The first-order chi connectivity index (χ1) is 8.79. The summed E-state index contributed by atoms with van der Waals surface area (Å²) in [7, 11) is 0. The molecule has 2 rings (SSSR count). The van der Waals surface area contributed by atoms with Crippen molar-refractivity contribution in [3.63, 3.8) is 0 Å². The lowest BCUT2D eigenvalue weighted by Crippen LogP contribution is -2.43. The molecule has 0 bridgehead atoms. The van der Waals surface area contributed by atoms with Crippen molar-refractivity contribution in [1.29, 1.82) is 0 Å². The maximum atomic E-state index is 11.5. The van der Waals surface area contributed by atoms with E-state index in [1.807, 2.05) is 18.2 Å². The van der Waals surface area contributed by atoms with Gasteiger partial charge in [-0.3, -0.25) is 0 Å². The van der Waals surface area contributed by atoms with Crippen molar-refractivity contribution in [2.45, 2.75) is 12.5 Å².